The average molecular weight is 312 g/mol. The molecule has 0 spiro atoms. The third kappa shape index (κ3) is 3.72. The molecule has 100 valence electrons. The average Bonchev–Trinajstić information content (AvgIpc) is 2.57. The van der Waals surface area contributed by atoms with Gasteiger partial charge in [-0.3, -0.25) is 0 Å². The molecule has 1 saturated carbocycles. The molecule has 1 aliphatic carbocycles. The lowest BCUT2D eigenvalue weighted by Gasteiger charge is -2.21. The topological polar surface area (TPSA) is 35.2 Å². The summed E-state index contributed by atoms with van der Waals surface area (Å²) in [7, 11) is 0. The van der Waals surface area contributed by atoms with Crippen LogP contribution in [0.4, 0.5) is 0 Å². The Bertz CT molecular complexity index is 384. The zero-order valence-electron chi connectivity index (χ0n) is 11.0. The molecule has 0 heterocycles. The lowest BCUT2D eigenvalue weighted by molar-refractivity contribution is 0.181. The Morgan fingerprint density at radius 3 is 2.50 bits per heavy atom. The number of halogens is 1. The molecule has 18 heavy (non-hydrogen) atoms. The van der Waals surface area contributed by atoms with Crippen LogP contribution in [-0.2, 0) is 0 Å². The maximum Gasteiger partial charge on any atom is 0.125 e. The van der Waals surface area contributed by atoms with Gasteiger partial charge in [0.25, 0.3) is 0 Å². The van der Waals surface area contributed by atoms with Gasteiger partial charge in [0, 0.05) is 16.1 Å². The largest absolute Gasteiger partial charge is 0.490 e. The Morgan fingerprint density at radius 2 is 1.89 bits per heavy atom. The first-order valence-corrected chi connectivity index (χ1v) is 7.68. The Morgan fingerprint density at radius 1 is 1.22 bits per heavy atom. The number of hydrogen-bond donors (Lipinski definition) is 1. The molecule has 0 aliphatic heterocycles. The molecule has 2 nitrogen and oxygen atoms in total. The lowest BCUT2D eigenvalue weighted by Crippen LogP contribution is -2.17. The molecule has 0 aromatic heterocycles. The Hall–Kier alpha value is -0.540. The summed E-state index contributed by atoms with van der Waals surface area (Å²) in [5, 5.41) is 0. The van der Waals surface area contributed by atoms with E-state index in [1.165, 1.54) is 38.5 Å². The van der Waals surface area contributed by atoms with Gasteiger partial charge in [0.15, 0.2) is 0 Å². The Kier molecular flexibility index (Phi) is 5.07. The summed E-state index contributed by atoms with van der Waals surface area (Å²) in [5.74, 6) is 0.950. The van der Waals surface area contributed by atoms with Crippen molar-refractivity contribution in [3.05, 3.63) is 28.2 Å². The summed E-state index contributed by atoms with van der Waals surface area (Å²) in [5.41, 5.74) is 7.10. The van der Waals surface area contributed by atoms with E-state index in [1.807, 2.05) is 19.1 Å². The zero-order valence-corrected chi connectivity index (χ0v) is 12.6. The number of ether oxygens (including phenoxy) is 1. The third-order valence-corrected chi connectivity index (χ3v) is 4.06. The second-order valence-corrected chi connectivity index (χ2v) is 6.12. The molecule has 1 aromatic rings. The number of benzene rings is 1. The highest BCUT2D eigenvalue weighted by Crippen LogP contribution is 2.30. The van der Waals surface area contributed by atoms with Crippen LogP contribution in [0.25, 0.3) is 0 Å². The smallest absolute Gasteiger partial charge is 0.125 e. The first kappa shape index (κ1) is 13.9. The van der Waals surface area contributed by atoms with Crippen molar-refractivity contribution in [2.24, 2.45) is 5.73 Å². The van der Waals surface area contributed by atoms with Crippen molar-refractivity contribution in [2.75, 3.05) is 0 Å². The van der Waals surface area contributed by atoms with Crippen LogP contribution in [-0.4, -0.2) is 6.10 Å². The van der Waals surface area contributed by atoms with E-state index in [0.717, 1.165) is 15.8 Å². The molecule has 1 atom stereocenters. The van der Waals surface area contributed by atoms with Crippen LogP contribution < -0.4 is 10.5 Å². The van der Waals surface area contributed by atoms with Crippen LogP contribution in [0.15, 0.2) is 22.7 Å². The predicted molar refractivity (Wildman–Crippen MR) is 78.9 cm³/mol. The van der Waals surface area contributed by atoms with Crippen molar-refractivity contribution in [1.82, 2.24) is 0 Å². The van der Waals surface area contributed by atoms with E-state index in [1.54, 1.807) is 0 Å². The molecule has 0 amide bonds. The molecule has 0 saturated heterocycles. The monoisotopic (exact) mass is 311 g/mol. The lowest BCUT2D eigenvalue weighted by atomic mass is 10.1. The normalized spacial score (nSPS) is 19.3. The van der Waals surface area contributed by atoms with Crippen molar-refractivity contribution >= 4 is 15.9 Å². The third-order valence-electron chi connectivity index (χ3n) is 3.56. The van der Waals surface area contributed by atoms with Gasteiger partial charge in [-0.2, -0.15) is 0 Å². The van der Waals surface area contributed by atoms with E-state index in [0.29, 0.717) is 6.10 Å². The van der Waals surface area contributed by atoms with Gasteiger partial charge in [0.1, 0.15) is 5.75 Å². The number of rotatable bonds is 3. The predicted octanol–water partition coefficient (Wildman–Crippen LogP) is 4.57. The fourth-order valence-corrected chi connectivity index (χ4v) is 2.87. The molecule has 0 radical (unpaired) electrons. The molecular formula is C15H22BrNO. The molecular weight excluding hydrogens is 290 g/mol. The van der Waals surface area contributed by atoms with Crippen molar-refractivity contribution in [2.45, 2.75) is 57.6 Å². The van der Waals surface area contributed by atoms with Crippen LogP contribution >= 0.6 is 15.9 Å². The van der Waals surface area contributed by atoms with Crippen LogP contribution in [0.2, 0.25) is 0 Å². The molecule has 2 rings (SSSR count). The van der Waals surface area contributed by atoms with E-state index in [-0.39, 0.29) is 6.04 Å². The highest BCUT2D eigenvalue weighted by molar-refractivity contribution is 9.10. The van der Waals surface area contributed by atoms with E-state index < -0.39 is 0 Å². The molecule has 3 heteroatoms. The fourth-order valence-electron chi connectivity index (χ4n) is 2.53. The van der Waals surface area contributed by atoms with Crippen molar-refractivity contribution in [3.63, 3.8) is 0 Å². The summed E-state index contributed by atoms with van der Waals surface area (Å²) in [4.78, 5) is 0. The Balaban J connectivity index is 2.13. The van der Waals surface area contributed by atoms with Crippen LogP contribution in [0.5, 0.6) is 5.75 Å². The fraction of sp³-hybridized carbons (Fsp3) is 0.600. The zero-order chi connectivity index (χ0) is 13.0. The molecule has 1 aliphatic rings. The standard InChI is InChI=1S/C15H22BrNO/c1-11(17)14-9-8-12(16)10-15(14)18-13-6-4-2-3-5-7-13/h8-11,13H,2-7,17H2,1H3/t11-/m1/s1. The first-order valence-electron chi connectivity index (χ1n) is 6.88. The van der Waals surface area contributed by atoms with Gasteiger partial charge >= 0.3 is 0 Å². The second-order valence-electron chi connectivity index (χ2n) is 5.20. The summed E-state index contributed by atoms with van der Waals surface area (Å²) in [6.07, 6.45) is 7.96. The van der Waals surface area contributed by atoms with E-state index >= 15 is 0 Å². The molecule has 2 N–H and O–H groups in total. The molecule has 1 aromatic carbocycles. The minimum absolute atomic E-state index is 0.0129. The van der Waals surface area contributed by atoms with Gasteiger partial charge < -0.3 is 10.5 Å². The van der Waals surface area contributed by atoms with Gasteiger partial charge in [-0.05, 0) is 44.7 Å². The number of nitrogens with two attached hydrogens (primary N) is 1. The molecule has 0 bridgehead atoms. The summed E-state index contributed by atoms with van der Waals surface area (Å²) >= 11 is 3.50. The summed E-state index contributed by atoms with van der Waals surface area (Å²) < 4.78 is 7.25. The molecule has 0 unspecified atom stereocenters. The highest BCUT2D eigenvalue weighted by atomic mass is 79.9. The van der Waals surface area contributed by atoms with Gasteiger partial charge in [-0.25, -0.2) is 0 Å². The van der Waals surface area contributed by atoms with Crippen LogP contribution in [0, 0.1) is 0 Å². The van der Waals surface area contributed by atoms with Gasteiger partial charge in [-0.1, -0.05) is 34.8 Å². The van der Waals surface area contributed by atoms with Crippen LogP contribution in [0.1, 0.15) is 57.1 Å². The minimum Gasteiger partial charge on any atom is -0.490 e. The second kappa shape index (κ2) is 6.58. The summed E-state index contributed by atoms with van der Waals surface area (Å²) in [6.45, 7) is 2.00. The van der Waals surface area contributed by atoms with Gasteiger partial charge in [0.05, 0.1) is 6.10 Å². The highest BCUT2D eigenvalue weighted by Gasteiger charge is 2.16. The van der Waals surface area contributed by atoms with Crippen molar-refractivity contribution in [1.29, 1.82) is 0 Å². The molecule has 1 fully saturated rings. The number of hydrogen-bond acceptors (Lipinski definition) is 2. The maximum atomic E-state index is 6.20. The maximum absolute atomic E-state index is 6.20. The van der Waals surface area contributed by atoms with Crippen LogP contribution in [0.3, 0.4) is 0 Å². The first-order chi connectivity index (χ1) is 8.66. The SMILES string of the molecule is C[C@@H](N)c1ccc(Br)cc1OC1CCCCCC1. The quantitative estimate of drug-likeness (QED) is 0.830. The summed E-state index contributed by atoms with van der Waals surface area (Å²) in [6, 6.07) is 6.14. The van der Waals surface area contributed by atoms with E-state index in [2.05, 4.69) is 22.0 Å². The van der Waals surface area contributed by atoms with Gasteiger partial charge in [-0.15, -0.1) is 0 Å². The van der Waals surface area contributed by atoms with Crippen molar-refractivity contribution < 1.29 is 4.74 Å². The van der Waals surface area contributed by atoms with Crippen molar-refractivity contribution in [3.8, 4) is 5.75 Å². The van der Waals surface area contributed by atoms with E-state index in [4.69, 9.17) is 10.5 Å². The minimum atomic E-state index is 0.0129. The van der Waals surface area contributed by atoms with Gasteiger partial charge in [0.2, 0.25) is 0 Å². The Labute approximate surface area is 118 Å². The van der Waals surface area contributed by atoms with E-state index in [9.17, 15) is 0 Å².